The molecule has 1 N–H and O–H groups in total. The van der Waals surface area contributed by atoms with Crippen LogP contribution in [-0.2, 0) is 31.9 Å². The SMILES string of the molecule is CC(C)(C)OC(=O)N1CCC[C@@H](NC(=O)Cc2cc(B3OC(C)(C)C(C)(C)O3)ccc2OCc2ccccc2)C1. The fourth-order valence-electron chi connectivity index (χ4n) is 4.78. The van der Waals surface area contributed by atoms with Gasteiger partial charge in [-0.3, -0.25) is 4.79 Å². The van der Waals surface area contributed by atoms with E-state index < -0.39 is 23.9 Å². The number of piperidine rings is 1. The van der Waals surface area contributed by atoms with Crippen LogP contribution >= 0.6 is 0 Å². The van der Waals surface area contributed by atoms with Crippen molar-refractivity contribution < 1.29 is 28.4 Å². The Morgan fingerprint density at radius 2 is 1.73 bits per heavy atom. The molecule has 0 aromatic heterocycles. The third kappa shape index (κ3) is 7.58. The number of nitrogens with one attached hydrogen (secondary N) is 1. The first-order valence-electron chi connectivity index (χ1n) is 14.1. The molecular weight excluding hydrogens is 507 g/mol. The van der Waals surface area contributed by atoms with Crippen molar-refractivity contribution in [3.05, 3.63) is 59.7 Å². The van der Waals surface area contributed by atoms with Gasteiger partial charge in [0.2, 0.25) is 5.91 Å². The number of hydrogen-bond donors (Lipinski definition) is 1. The number of likely N-dealkylation sites (tertiary alicyclic amines) is 1. The van der Waals surface area contributed by atoms with Crippen LogP contribution in [0.5, 0.6) is 5.75 Å². The van der Waals surface area contributed by atoms with E-state index in [1.807, 2.05) is 97.0 Å². The lowest BCUT2D eigenvalue weighted by Gasteiger charge is -2.34. The fourth-order valence-corrected chi connectivity index (χ4v) is 4.78. The second-order valence-corrected chi connectivity index (χ2v) is 12.7. The van der Waals surface area contributed by atoms with Crippen LogP contribution in [0.25, 0.3) is 0 Å². The summed E-state index contributed by atoms with van der Waals surface area (Å²) in [5.74, 6) is 0.505. The zero-order valence-electron chi connectivity index (χ0n) is 24.9. The number of amides is 2. The fraction of sp³-hybridized carbons (Fsp3) is 0.548. The molecule has 0 aliphatic carbocycles. The van der Waals surface area contributed by atoms with Crippen LogP contribution in [-0.4, -0.2) is 60.0 Å². The molecule has 4 rings (SSSR count). The van der Waals surface area contributed by atoms with Gasteiger partial charge in [0, 0.05) is 24.7 Å². The van der Waals surface area contributed by atoms with Gasteiger partial charge in [-0.25, -0.2) is 4.79 Å². The Bertz CT molecular complexity index is 1180. The van der Waals surface area contributed by atoms with Gasteiger partial charge >= 0.3 is 13.2 Å². The Balaban J connectivity index is 1.47. The molecule has 1 atom stereocenters. The third-order valence-corrected chi connectivity index (χ3v) is 7.64. The normalized spacial score (nSPS) is 20.2. The van der Waals surface area contributed by atoms with Crippen molar-refractivity contribution in [2.45, 2.75) is 97.2 Å². The van der Waals surface area contributed by atoms with E-state index in [2.05, 4.69) is 5.32 Å². The van der Waals surface area contributed by atoms with Gasteiger partial charge in [-0.2, -0.15) is 0 Å². The van der Waals surface area contributed by atoms with Gasteiger partial charge in [-0.05, 0) is 78.4 Å². The minimum Gasteiger partial charge on any atom is -0.489 e. The predicted molar refractivity (Wildman–Crippen MR) is 156 cm³/mol. The molecule has 2 fully saturated rings. The minimum atomic E-state index is -0.564. The monoisotopic (exact) mass is 550 g/mol. The van der Waals surface area contributed by atoms with Crippen LogP contribution in [0.2, 0.25) is 0 Å². The summed E-state index contributed by atoms with van der Waals surface area (Å²) in [5, 5.41) is 3.12. The largest absolute Gasteiger partial charge is 0.494 e. The van der Waals surface area contributed by atoms with Crippen LogP contribution in [0.15, 0.2) is 48.5 Å². The smallest absolute Gasteiger partial charge is 0.489 e. The predicted octanol–water partition coefficient (Wildman–Crippen LogP) is 4.62. The van der Waals surface area contributed by atoms with Crippen molar-refractivity contribution in [1.82, 2.24) is 10.2 Å². The van der Waals surface area contributed by atoms with Crippen molar-refractivity contribution in [1.29, 1.82) is 0 Å². The van der Waals surface area contributed by atoms with Crippen LogP contribution < -0.4 is 15.5 Å². The Morgan fingerprint density at radius 3 is 2.38 bits per heavy atom. The topological polar surface area (TPSA) is 86.3 Å². The lowest BCUT2D eigenvalue weighted by atomic mass is 9.78. The van der Waals surface area contributed by atoms with E-state index in [4.69, 9.17) is 18.8 Å². The Morgan fingerprint density at radius 1 is 1.05 bits per heavy atom. The van der Waals surface area contributed by atoms with Gasteiger partial charge in [0.1, 0.15) is 18.0 Å². The Labute approximate surface area is 238 Å². The number of ether oxygens (including phenoxy) is 2. The van der Waals surface area contributed by atoms with E-state index >= 15 is 0 Å². The summed E-state index contributed by atoms with van der Waals surface area (Å²) in [6.07, 6.45) is 1.38. The lowest BCUT2D eigenvalue weighted by Crippen LogP contribution is -2.51. The van der Waals surface area contributed by atoms with Gasteiger partial charge in [0.05, 0.1) is 17.6 Å². The molecule has 9 heteroatoms. The Kier molecular flexibility index (Phi) is 8.85. The zero-order chi connectivity index (χ0) is 29.1. The van der Waals surface area contributed by atoms with E-state index in [0.29, 0.717) is 25.4 Å². The summed E-state index contributed by atoms with van der Waals surface area (Å²) in [5.41, 5.74) is 1.11. The highest BCUT2D eigenvalue weighted by Crippen LogP contribution is 2.36. The van der Waals surface area contributed by atoms with E-state index in [0.717, 1.165) is 29.4 Å². The number of rotatable bonds is 7. The first-order valence-corrected chi connectivity index (χ1v) is 14.1. The summed E-state index contributed by atoms with van der Waals surface area (Å²) >= 11 is 0. The molecule has 2 aromatic rings. The third-order valence-electron chi connectivity index (χ3n) is 7.64. The van der Waals surface area contributed by atoms with Gasteiger partial charge in [0.15, 0.2) is 0 Å². The molecule has 2 aliphatic heterocycles. The maximum Gasteiger partial charge on any atom is 0.494 e. The van der Waals surface area contributed by atoms with E-state index in [1.54, 1.807) is 4.90 Å². The van der Waals surface area contributed by atoms with Crippen LogP contribution in [0.1, 0.15) is 72.4 Å². The molecular formula is C31H43BN2O6. The van der Waals surface area contributed by atoms with Gasteiger partial charge < -0.3 is 29.0 Å². The number of carbonyl (C=O) groups is 2. The van der Waals surface area contributed by atoms with Crippen molar-refractivity contribution in [2.24, 2.45) is 0 Å². The average Bonchev–Trinajstić information content (AvgIpc) is 3.09. The molecule has 0 saturated carbocycles. The molecule has 2 saturated heterocycles. The van der Waals surface area contributed by atoms with E-state index in [-0.39, 0.29) is 24.5 Å². The second kappa shape index (κ2) is 11.8. The number of carbonyl (C=O) groups excluding carboxylic acids is 2. The molecule has 2 aliphatic rings. The molecule has 40 heavy (non-hydrogen) atoms. The molecule has 0 spiro atoms. The minimum absolute atomic E-state index is 0.125. The maximum absolute atomic E-state index is 13.3. The number of hydrogen-bond acceptors (Lipinski definition) is 6. The second-order valence-electron chi connectivity index (χ2n) is 12.7. The van der Waals surface area contributed by atoms with Crippen LogP contribution in [0, 0.1) is 0 Å². The van der Waals surface area contributed by atoms with Gasteiger partial charge in [-0.1, -0.05) is 42.5 Å². The highest BCUT2D eigenvalue weighted by Gasteiger charge is 2.51. The first kappa shape index (κ1) is 29.9. The van der Waals surface area contributed by atoms with Crippen molar-refractivity contribution in [3.63, 3.8) is 0 Å². The number of benzene rings is 2. The molecule has 2 heterocycles. The molecule has 8 nitrogen and oxygen atoms in total. The van der Waals surface area contributed by atoms with Gasteiger partial charge in [0.25, 0.3) is 0 Å². The molecule has 216 valence electrons. The number of nitrogens with zero attached hydrogens (tertiary/aromatic N) is 1. The zero-order valence-corrected chi connectivity index (χ0v) is 24.9. The van der Waals surface area contributed by atoms with Crippen molar-refractivity contribution >= 4 is 24.6 Å². The standard InChI is InChI=1S/C31H43BN2O6/c1-29(2,3)38-28(36)34-17-11-14-25(20-34)33-27(35)19-23-18-24(32-39-30(4,5)31(6,7)40-32)15-16-26(23)37-21-22-12-9-8-10-13-22/h8-10,12-13,15-16,18,25H,11,14,17,19-21H2,1-7H3,(H,33,35)/t25-/m1/s1. The molecule has 0 bridgehead atoms. The van der Waals surface area contributed by atoms with E-state index in [9.17, 15) is 9.59 Å². The average molecular weight is 551 g/mol. The van der Waals surface area contributed by atoms with E-state index in [1.165, 1.54) is 0 Å². The molecule has 2 amide bonds. The summed E-state index contributed by atoms with van der Waals surface area (Å²) < 4.78 is 24.2. The molecule has 0 radical (unpaired) electrons. The maximum atomic E-state index is 13.3. The summed E-state index contributed by atoms with van der Waals surface area (Å²) in [4.78, 5) is 27.5. The van der Waals surface area contributed by atoms with Crippen molar-refractivity contribution in [3.8, 4) is 5.75 Å². The Hall–Kier alpha value is -3.04. The summed E-state index contributed by atoms with van der Waals surface area (Å²) in [7, 11) is -0.546. The molecule has 0 unspecified atom stereocenters. The van der Waals surface area contributed by atoms with Crippen molar-refractivity contribution in [2.75, 3.05) is 13.1 Å². The first-order chi connectivity index (χ1) is 18.7. The highest BCUT2D eigenvalue weighted by molar-refractivity contribution is 6.62. The molecule has 2 aromatic carbocycles. The highest BCUT2D eigenvalue weighted by atomic mass is 16.7. The van der Waals surface area contributed by atoms with Crippen LogP contribution in [0.4, 0.5) is 4.79 Å². The summed E-state index contributed by atoms with van der Waals surface area (Å²) in [6.45, 7) is 15.1. The van der Waals surface area contributed by atoms with Gasteiger partial charge in [-0.15, -0.1) is 0 Å². The quantitative estimate of drug-likeness (QED) is 0.507. The lowest BCUT2D eigenvalue weighted by molar-refractivity contribution is -0.121. The van der Waals surface area contributed by atoms with Crippen LogP contribution in [0.3, 0.4) is 0 Å². The summed E-state index contributed by atoms with van der Waals surface area (Å²) in [6, 6.07) is 15.5.